The number of nitrogen functional groups attached to an aromatic ring is 1. The van der Waals surface area contributed by atoms with Gasteiger partial charge in [-0.25, -0.2) is 13.9 Å². The van der Waals surface area contributed by atoms with E-state index in [2.05, 4.69) is 5.10 Å². The van der Waals surface area contributed by atoms with Crippen LogP contribution < -0.4 is 11.5 Å². The number of primary amides is 1. The summed E-state index contributed by atoms with van der Waals surface area (Å²) in [7, 11) is 0. The first kappa shape index (κ1) is 13.5. The monoisotopic (exact) mass is 278 g/mol. The zero-order valence-electron chi connectivity index (χ0n) is 10.4. The Morgan fingerprint density at radius 1 is 1.40 bits per heavy atom. The van der Waals surface area contributed by atoms with E-state index in [1.54, 1.807) is 13.0 Å². The van der Waals surface area contributed by atoms with E-state index in [1.807, 2.05) is 0 Å². The highest BCUT2D eigenvalue weighted by molar-refractivity contribution is 6.02. The van der Waals surface area contributed by atoms with Crippen molar-refractivity contribution in [2.24, 2.45) is 5.73 Å². The fourth-order valence-corrected chi connectivity index (χ4v) is 1.78. The van der Waals surface area contributed by atoms with E-state index >= 15 is 0 Å². The third kappa shape index (κ3) is 2.07. The standard InChI is InChI=1S/C12H11FN4O3/c1-5-2-3-7(6(13)4-5)17-10(12(19)20)8(14)9(16-17)11(15)18/h2-4H,14H2,1H3,(H2,15,18)(H,19,20). The van der Waals surface area contributed by atoms with Crippen LogP contribution in [-0.4, -0.2) is 26.8 Å². The number of carbonyl (C=O) groups is 2. The summed E-state index contributed by atoms with van der Waals surface area (Å²) < 4.78 is 14.7. The van der Waals surface area contributed by atoms with Gasteiger partial charge in [0.05, 0.1) is 5.69 Å². The fraction of sp³-hybridized carbons (Fsp3) is 0.0833. The number of aromatic carboxylic acids is 1. The molecule has 0 fully saturated rings. The van der Waals surface area contributed by atoms with E-state index in [-0.39, 0.29) is 5.69 Å². The van der Waals surface area contributed by atoms with E-state index < -0.39 is 34.8 Å². The molecule has 0 atom stereocenters. The van der Waals surface area contributed by atoms with E-state index in [1.165, 1.54) is 12.1 Å². The second kappa shape index (κ2) is 4.65. The summed E-state index contributed by atoms with van der Waals surface area (Å²) in [4.78, 5) is 22.4. The number of hydrogen-bond acceptors (Lipinski definition) is 4. The lowest BCUT2D eigenvalue weighted by atomic mass is 10.2. The Morgan fingerprint density at radius 3 is 2.55 bits per heavy atom. The molecule has 2 rings (SSSR count). The Morgan fingerprint density at radius 2 is 2.05 bits per heavy atom. The van der Waals surface area contributed by atoms with Crippen LogP contribution in [0.25, 0.3) is 5.69 Å². The van der Waals surface area contributed by atoms with Gasteiger partial charge in [0, 0.05) is 0 Å². The Hall–Kier alpha value is -2.90. The molecular weight excluding hydrogens is 267 g/mol. The van der Waals surface area contributed by atoms with Crippen molar-refractivity contribution >= 4 is 17.6 Å². The third-order valence-corrected chi connectivity index (χ3v) is 2.69. The van der Waals surface area contributed by atoms with Crippen molar-refractivity contribution in [3.63, 3.8) is 0 Å². The van der Waals surface area contributed by atoms with Crippen molar-refractivity contribution in [3.8, 4) is 5.69 Å². The predicted molar refractivity (Wildman–Crippen MR) is 68.1 cm³/mol. The molecule has 0 unspecified atom stereocenters. The number of rotatable bonds is 3. The number of carboxylic acid groups (broad SMARTS) is 1. The highest BCUT2D eigenvalue weighted by Gasteiger charge is 2.25. The molecule has 7 nitrogen and oxygen atoms in total. The van der Waals surface area contributed by atoms with Gasteiger partial charge < -0.3 is 16.6 Å². The van der Waals surface area contributed by atoms with Crippen molar-refractivity contribution in [3.05, 3.63) is 41.0 Å². The van der Waals surface area contributed by atoms with Crippen LogP contribution in [0.1, 0.15) is 26.5 Å². The molecular formula is C12H11FN4O3. The highest BCUT2D eigenvalue weighted by atomic mass is 19.1. The maximum absolute atomic E-state index is 13.9. The normalized spacial score (nSPS) is 10.5. The van der Waals surface area contributed by atoms with Crippen molar-refractivity contribution in [1.29, 1.82) is 0 Å². The molecule has 2 aromatic rings. The van der Waals surface area contributed by atoms with Gasteiger partial charge in [-0.15, -0.1) is 0 Å². The Labute approximate surface area is 112 Å². The average molecular weight is 278 g/mol. The fourth-order valence-electron chi connectivity index (χ4n) is 1.78. The number of anilines is 1. The number of aromatic nitrogens is 2. The van der Waals surface area contributed by atoms with E-state index in [0.717, 1.165) is 4.68 Å². The average Bonchev–Trinajstić information content (AvgIpc) is 2.66. The van der Waals surface area contributed by atoms with Crippen LogP contribution in [0.4, 0.5) is 10.1 Å². The highest BCUT2D eigenvalue weighted by Crippen LogP contribution is 2.23. The number of benzene rings is 1. The number of aryl methyl sites for hydroxylation is 1. The minimum absolute atomic E-state index is 0.132. The van der Waals surface area contributed by atoms with Crippen LogP contribution in [0.3, 0.4) is 0 Å². The first-order valence-electron chi connectivity index (χ1n) is 5.51. The number of carboxylic acids is 1. The molecule has 1 heterocycles. The van der Waals surface area contributed by atoms with Crippen molar-refractivity contribution in [2.75, 3.05) is 5.73 Å². The first-order chi connectivity index (χ1) is 9.32. The van der Waals surface area contributed by atoms with Gasteiger partial charge in [0.2, 0.25) is 0 Å². The topological polar surface area (TPSA) is 124 Å². The number of amides is 1. The van der Waals surface area contributed by atoms with E-state index in [9.17, 15) is 14.0 Å². The molecule has 0 aliphatic rings. The maximum atomic E-state index is 13.9. The summed E-state index contributed by atoms with van der Waals surface area (Å²) >= 11 is 0. The SMILES string of the molecule is Cc1ccc(-n2nc(C(N)=O)c(N)c2C(=O)O)c(F)c1. The minimum Gasteiger partial charge on any atom is -0.476 e. The summed E-state index contributed by atoms with van der Waals surface area (Å²) in [6.45, 7) is 1.68. The van der Waals surface area contributed by atoms with Gasteiger partial charge in [-0.05, 0) is 24.6 Å². The summed E-state index contributed by atoms with van der Waals surface area (Å²) in [5.41, 5.74) is 9.79. The van der Waals surface area contributed by atoms with Crippen LogP contribution in [0.15, 0.2) is 18.2 Å². The molecule has 0 saturated carbocycles. The van der Waals surface area contributed by atoms with E-state index in [0.29, 0.717) is 5.56 Å². The lowest BCUT2D eigenvalue weighted by molar-refractivity contribution is 0.0688. The maximum Gasteiger partial charge on any atom is 0.356 e. The second-order valence-corrected chi connectivity index (χ2v) is 4.15. The van der Waals surface area contributed by atoms with Crippen LogP contribution in [-0.2, 0) is 0 Å². The Bertz CT molecular complexity index is 724. The lowest BCUT2D eigenvalue weighted by Gasteiger charge is -2.06. The van der Waals surface area contributed by atoms with Gasteiger partial charge in [-0.1, -0.05) is 6.07 Å². The molecule has 104 valence electrons. The predicted octanol–water partition coefficient (Wildman–Crippen LogP) is 0.699. The molecule has 1 aromatic carbocycles. The Kier molecular flexibility index (Phi) is 3.15. The molecule has 0 aliphatic heterocycles. The quantitative estimate of drug-likeness (QED) is 0.762. The van der Waals surface area contributed by atoms with E-state index in [4.69, 9.17) is 16.6 Å². The first-order valence-corrected chi connectivity index (χ1v) is 5.51. The van der Waals surface area contributed by atoms with Crippen LogP contribution >= 0.6 is 0 Å². The van der Waals surface area contributed by atoms with Gasteiger partial charge in [0.1, 0.15) is 11.5 Å². The molecule has 0 aliphatic carbocycles. The van der Waals surface area contributed by atoms with Crippen LogP contribution in [0, 0.1) is 12.7 Å². The number of carbonyl (C=O) groups excluding carboxylic acids is 1. The zero-order valence-corrected chi connectivity index (χ0v) is 10.4. The van der Waals surface area contributed by atoms with Gasteiger partial charge in [0.25, 0.3) is 5.91 Å². The molecule has 0 saturated heterocycles. The lowest BCUT2D eigenvalue weighted by Crippen LogP contribution is -2.14. The van der Waals surface area contributed by atoms with Crippen LogP contribution in [0.2, 0.25) is 0 Å². The number of nitrogens with two attached hydrogens (primary N) is 2. The molecule has 0 radical (unpaired) electrons. The van der Waals surface area contributed by atoms with Crippen molar-refractivity contribution < 1.29 is 19.1 Å². The number of hydrogen-bond donors (Lipinski definition) is 3. The zero-order chi connectivity index (χ0) is 15.0. The van der Waals surface area contributed by atoms with Gasteiger partial charge in [0.15, 0.2) is 11.4 Å². The Balaban J connectivity index is 2.76. The molecule has 5 N–H and O–H groups in total. The molecule has 20 heavy (non-hydrogen) atoms. The van der Waals surface area contributed by atoms with Gasteiger partial charge in [-0.2, -0.15) is 5.10 Å². The largest absolute Gasteiger partial charge is 0.476 e. The van der Waals surface area contributed by atoms with Gasteiger partial charge >= 0.3 is 5.97 Å². The van der Waals surface area contributed by atoms with Crippen LogP contribution in [0.5, 0.6) is 0 Å². The second-order valence-electron chi connectivity index (χ2n) is 4.15. The van der Waals surface area contributed by atoms with Crippen molar-refractivity contribution in [2.45, 2.75) is 6.92 Å². The van der Waals surface area contributed by atoms with Gasteiger partial charge in [-0.3, -0.25) is 4.79 Å². The summed E-state index contributed by atoms with van der Waals surface area (Å²) in [5.74, 6) is -3.12. The molecule has 1 amide bonds. The number of halogens is 1. The molecule has 0 bridgehead atoms. The molecule has 0 spiro atoms. The number of nitrogens with zero attached hydrogens (tertiary/aromatic N) is 2. The van der Waals surface area contributed by atoms with Crippen molar-refractivity contribution in [1.82, 2.24) is 9.78 Å². The third-order valence-electron chi connectivity index (χ3n) is 2.69. The molecule has 1 aromatic heterocycles. The summed E-state index contributed by atoms with van der Waals surface area (Å²) in [6.07, 6.45) is 0. The molecule has 8 heteroatoms. The summed E-state index contributed by atoms with van der Waals surface area (Å²) in [5, 5.41) is 12.8. The summed E-state index contributed by atoms with van der Waals surface area (Å²) in [6, 6.07) is 4.13. The minimum atomic E-state index is -1.44. The smallest absolute Gasteiger partial charge is 0.356 e.